The van der Waals surface area contributed by atoms with Crippen molar-refractivity contribution in [3.05, 3.63) is 81.8 Å². The van der Waals surface area contributed by atoms with Gasteiger partial charge in [-0.2, -0.15) is 0 Å². The zero-order valence-corrected chi connectivity index (χ0v) is 17.8. The molecule has 0 unspecified atom stereocenters. The summed E-state index contributed by atoms with van der Waals surface area (Å²) in [6, 6.07) is 13.1. The minimum atomic E-state index is 0.0184. The molecule has 0 spiro atoms. The smallest absolute Gasteiger partial charge is 0.143 e. The van der Waals surface area contributed by atoms with Gasteiger partial charge in [-0.25, -0.2) is 0 Å². The maximum atomic E-state index is 12.3. The Morgan fingerprint density at radius 2 is 1.83 bits per heavy atom. The van der Waals surface area contributed by atoms with Crippen LogP contribution in [-0.4, -0.2) is 15.9 Å². The number of aromatic nitrogens is 2. The molecule has 152 valence electrons. The number of aryl methyl sites for hydroxylation is 3. The van der Waals surface area contributed by atoms with E-state index in [1.807, 2.05) is 18.2 Å². The molecule has 2 heterocycles. The standard InChI is InChI=1S/C24H21ClN2O3/c1-14-8-21-23(9-15(14)2)26-7-6-24(21)29-20-5-4-17(22(25)13-20)11-19(28)12-18-10-16(3)30-27-18/h4-10,13H,11-12H2,1-3H3. The second kappa shape index (κ2) is 8.28. The number of Topliss-reactive ketones (excluding diaryl/α,β-unsaturated/α-hetero) is 1. The van der Waals surface area contributed by atoms with E-state index in [2.05, 4.69) is 36.1 Å². The van der Waals surface area contributed by atoms with Crippen LogP contribution in [-0.2, 0) is 17.6 Å². The Balaban J connectivity index is 1.52. The molecule has 0 fully saturated rings. The van der Waals surface area contributed by atoms with Crippen LogP contribution in [0.4, 0.5) is 0 Å². The van der Waals surface area contributed by atoms with E-state index < -0.39 is 0 Å². The average Bonchev–Trinajstić information content (AvgIpc) is 3.10. The molecule has 0 aliphatic rings. The van der Waals surface area contributed by atoms with Gasteiger partial charge in [-0.15, -0.1) is 0 Å². The first kappa shape index (κ1) is 20.1. The van der Waals surface area contributed by atoms with E-state index in [1.54, 1.807) is 25.3 Å². The third-order valence-electron chi connectivity index (χ3n) is 5.01. The van der Waals surface area contributed by atoms with Gasteiger partial charge in [0.25, 0.3) is 0 Å². The average molecular weight is 421 g/mol. The first-order valence-electron chi connectivity index (χ1n) is 9.65. The van der Waals surface area contributed by atoms with Crippen molar-refractivity contribution in [3.8, 4) is 11.5 Å². The fourth-order valence-electron chi connectivity index (χ4n) is 3.31. The number of pyridine rings is 1. The number of carbonyl (C=O) groups is 1. The maximum Gasteiger partial charge on any atom is 0.143 e. The highest BCUT2D eigenvalue weighted by Crippen LogP contribution is 2.32. The Labute approximate surface area is 179 Å². The minimum absolute atomic E-state index is 0.0184. The Kier molecular flexibility index (Phi) is 5.55. The van der Waals surface area contributed by atoms with Crippen LogP contribution in [0.15, 0.2) is 53.2 Å². The third-order valence-corrected chi connectivity index (χ3v) is 5.36. The summed E-state index contributed by atoms with van der Waals surface area (Å²) < 4.78 is 11.1. The number of benzene rings is 2. The van der Waals surface area contributed by atoms with Gasteiger partial charge < -0.3 is 9.26 Å². The molecule has 2 aromatic heterocycles. The molecule has 0 aliphatic carbocycles. The maximum absolute atomic E-state index is 12.3. The van der Waals surface area contributed by atoms with Gasteiger partial charge in [0.15, 0.2) is 0 Å². The molecular formula is C24H21ClN2O3. The van der Waals surface area contributed by atoms with Crippen molar-refractivity contribution in [2.45, 2.75) is 33.6 Å². The first-order valence-corrected chi connectivity index (χ1v) is 10.0. The summed E-state index contributed by atoms with van der Waals surface area (Å²) in [7, 11) is 0. The lowest BCUT2D eigenvalue weighted by atomic mass is 10.1. The molecule has 0 bridgehead atoms. The molecule has 0 N–H and O–H groups in total. The number of hydrogen-bond donors (Lipinski definition) is 0. The molecule has 0 atom stereocenters. The summed E-state index contributed by atoms with van der Waals surface area (Å²) in [6.45, 7) is 5.92. The van der Waals surface area contributed by atoms with E-state index in [4.69, 9.17) is 20.9 Å². The molecule has 6 heteroatoms. The van der Waals surface area contributed by atoms with Gasteiger partial charge in [-0.1, -0.05) is 22.8 Å². The van der Waals surface area contributed by atoms with Crippen LogP contribution >= 0.6 is 11.6 Å². The summed E-state index contributed by atoms with van der Waals surface area (Å²) in [5.41, 5.74) is 4.62. The molecule has 30 heavy (non-hydrogen) atoms. The number of carbonyl (C=O) groups excluding carboxylic acids is 1. The van der Waals surface area contributed by atoms with Gasteiger partial charge in [0, 0.05) is 29.1 Å². The second-order valence-electron chi connectivity index (χ2n) is 7.44. The van der Waals surface area contributed by atoms with Gasteiger partial charge in [-0.05, 0) is 67.8 Å². The van der Waals surface area contributed by atoms with Gasteiger partial charge in [-0.3, -0.25) is 9.78 Å². The van der Waals surface area contributed by atoms with Crippen molar-refractivity contribution in [1.29, 1.82) is 0 Å². The summed E-state index contributed by atoms with van der Waals surface area (Å²) in [6.07, 6.45) is 2.17. The lowest BCUT2D eigenvalue weighted by Gasteiger charge is -2.12. The molecule has 0 aliphatic heterocycles. The van der Waals surface area contributed by atoms with Crippen molar-refractivity contribution in [2.75, 3.05) is 0 Å². The molecule has 5 nitrogen and oxygen atoms in total. The largest absolute Gasteiger partial charge is 0.457 e. The number of ketones is 1. The predicted molar refractivity (Wildman–Crippen MR) is 116 cm³/mol. The fraction of sp³-hybridized carbons (Fsp3) is 0.208. The molecule has 0 saturated carbocycles. The van der Waals surface area contributed by atoms with Crippen LogP contribution in [0.1, 0.15) is 28.1 Å². The highest BCUT2D eigenvalue weighted by molar-refractivity contribution is 6.31. The highest BCUT2D eigenvalue weighted by Gasteiger charge is 2.13. The number of hydrogen-bond acceptors (Lipinski definition) is 5. The van der Waals surface area contributed by atoms with Gasteiger partial charge in [0.1, 0.15) is 23.0 Å². The topological polar surface area (TPSA) is 65.2 Å². The van der Waals surface area contributed by atoms with Crippen LogP contribution in [0, 0.1) is 20.8 Å². The van der Waals surface area contributed by atoms with Gasteiger partial charge >= 0.3 is 0 Å². The Hall–Kier alpha value is -3.18. The normalized spacial score (nSPS) is 11.1. The van der Waals surface area contributed by atoms with E-state index in [0.29, 0.717) is 28.0 Å². The van der Waals surface area contributed by atoms with Crippen LogP contribution in [0.2, 0.25) is 5.02 Å². The third kappa shape index (κ3) is 4.36. The lowest BCUT2D eigenvalue weighted by molar-refractivity contribution is -0.117. The fourth-order valence-corrected chi connectivity index (χ4v) is 3.55. The summed E-state index contributed by atoms with van der Waals surface area (Å²) in [5, 5.41) is 5.30. The van der Waals surface area contributed by atoms with Crippen LogP contribution < -0.4 is 4.74 Å². The van der Waals surface area contributed by atoms with Crippen LogP contribution in [0.25, 0.3) is 10.9 Å². The molecule has 0 radical (unpaired) electrons. The van der Waals surface area contributed by atoms with E-state index >= 15 is 0 Å². The highest BCUT2D eigenvalue weighted by atomic mass is 35.5. The van der Waals surface area contributed by atoms with Gasteiger partial charge in [0.05, 0.1) is 17.6 Å². The Morgan fingerprint density at radius 3 is 2.57 bits per heavy atom. The monoisotopic (exact) mass is 420 g/mol. The molecular weight excluding hydrogens is 400 g/mol. The number of rotatable bonds is 6. The molecule has 0 amide bonds. The van der Waals surface area contributed by atoms with Crippen molar-refractivity contribution in [3.63, 3.8) is 0 Å². The van der Waals surface area contributed by atoms with Crippen molar-refractivity contribution >= 4 is 28.3 Å². The van der Waals surface area contributed by atoms with E-state index in [-0.39, 0.29) is 18.6 Å². The summed E-state index contributed by atoms with van der Waals surface area (Å²) in [4.78, 5) is 16.8. The number of nitrogens with zero attached hydrogens (tertiary/aromatic N) is 2. The Morgan fingerprint density at radius 1 is 1.03 bits per heavy atom. The molecule has 4 aromatic rings. The van der Waals surface area contributed by atoms with Crippen LogP contribution in [0.3, 0.4) is 0 Å². The molecule has 2 aromatic carbocycles. The van der Waals surface area contributed by atoms with Gasteiger partial charge in [0.2, 0.25) is 0 Å². The number of ether oxygens (including phenoxy) is 1. The predicted octanol–water partition coefficient (Wildman–Crippen LogP) is 5.95. The number of halogens is 1. The quantitative estimate of drug-likeness (QED) is 0.385. The molecule has 4 rings (SSSR count). The van der Waals surface area contributed by atoms with Crippen molar-refractivity contribution < 1.29 is 14.1 Å². The molecule has 0 saturated heterocycles. The minimum Gasteiger partial charge on any atom is -0.457 e. The zero-order valence-electron chi connectivity index (χ0n) is 17.0. The zero-order chi connectivity index (χ0) is 21.3. The van der Waals surface area contributed by atoms with E-state index in [1.165, 1.54) is 11.1 Å². The summed E-state index contributed by atoms with van der Waals surface area (Å²) in [5.74, 6) is 2.02. The Bertz CT molecular complexity index is 1250. The first-order chi connectivity index (χ1) is 14.4. The van der Waals surface area contributed by atoms with Crippen molar-refractivity contribution in [2.24, 2.45) is 0 Å². The SMILES string of the molecule is Cc1cc(CC(=O)Cc2ccc(Oc3ccnc4cc(C)c(C)cc34)cc2Cl)no1. The van der Waals surface area contributed by atoms with E-state index in [0.717, 1.165) is 16.5 Å². The van der Waals surface area contributed by atoms with Crippen LogP contribution in [0.5, 0.6) is 11.5 Å². The van der Waals surface area contributed by atoms with Crippen molar-refractivity contribution in [1.82, 2.24) is 10.1 Å². The number of fused-ring (bicyclic) bond motifs is 1. The van der Waals surface area contributed by atoms with E-state index in [9.17, 15) is 4.79 Å². The summed E-state index contributed by atoms with van der Waals surface area (Å²) >= 11 is 6.43. The second-order valence-corrected chi connectivity index (χ2v) is 7.85. The lowest BCUT2D eigenvalue weighted by Crippen LogP contribution is -2.07.